The Morgan fingerprint density at radius 2 is 2.24 bits per heavy atom. The number of fused-ring (bicyclic) bond motifs is 1. The van der Waals surface area contributed by atoms with Crippen LogP contribution in [-0.4, -0.2) is 10.9 Å². The lowest BCUT2D eigenvalue weighted by Gasteiger charge is -2.06. The van der Waals surface area contributed by atoms with Gasteiger partial charge in [-0.25, -0.2) is 4.79 Å². The fourth-order valence-corrected chi connectivity index (χ4v) is 1.61. The molecule has 0 aliphatic carbocycles. The molecule has 1 aromatic carbocycles. The third-order valence-electron chi connectivity index (χ3n) is 2.30. The first-order valence-corrected chi connectivity index (χ1v) is 5.47. The zero-order chi connectivity index (χ0) is 12.4. The van der Waals surface area contributed by atoms with Gasteiger partial charge in [0.15, 0.2) is 5.58 Å². The van der Waals surface area contributed by atoms with E-state index in [9.17, 15) is 9.59 Å². The van der Waals surface area contributed by atoms with Crippen molar-refractivity contribution in [1.82, 2.24) is 4.98 Å². The fourth-order valence-electron chi connectivity index (χ4n) is 1.61. The molecule has 2 aromatic rings. The zero-order valence-electron chi connectivity index (χ0n) is 9.74. The first-order chi connectivity index (χ1) is 8.04. The number of H-pyrrole nitrogens is 1. The standard InChI is InChI=1S/C12H14N2O3/c1-7(2)5-11(15)13-8-3-4-9-10(6-8)17-12(16)14-9/h3-4,6-7H,5H2,1-2H3,(H,13,15)(H,14,16). The molecule has 0 aliphatic rings. The summed E-state index contributed by atoms with van der Waals surface area (Å²) in [5.41, 5.74) is 1.69. The van der Waals surface area contributed by atoms with Crippen LogP contribution in [0.3, 0.4) is 0 Å². The number of hydrogen-bond donors (Lipinski definition) is 2. The van der Waals surface area contributed by atoms with Crippen LogP contribution >= 0.6 is 0 Å². The van der Waals surface area contributed by atoms with E-state index in [0.717, 1.165) is 0 Å². The number of anilines is 1. The maximum Gasteiger partial charge on any atom is 0.417 e. The summed E-state index contributed by atoms with van der Waals surface area (Å²) in [5.74, 6) is -0.230. The van der Waals surface area contributed by atoms with Gasteiger partial charge in [0, 0.05) is 18.2 Å². The summed E-state index contributed by atoms with van der Waals surface area (Å²) in [7, 11) is 0. The number of amides is 1. The minimum Gasteiger partial charge on any atom is -0.408 e. The summed E-state index contributed by atoms with van der Waals surface area (Å²) in [5, 5.41) is 2.76. The summed E-state index contributed by atoms with van der Waals surface area (Å²) in [6, 6.07) is 5.06. The molecule has 2 N–H and O–H groups in total. The van der Waals surface area contributed by atoms with Crippen LogP contribution in [0.4, 0.5) is 5.69 Å². The molecule has 17 heavy (non-hydrogen) atoms. The Hall–Kier alpha value is -2.04. The molecule has 0 aliphatic heterocycles. The average molecular weight is 234 g/mol. The highest BCUT2D eigenvalue weighted by Crippen LogP contribution is 2.16. The molecule has 0 atom stereocenters. The van der Waals surface area contributed by atoms with E-state index in [1.807, 2.05) is 13.8 Å². The van der Waals surface area contributed by atoms with Crippen LogP contribution in [0.15, 0.2) is 27.4 Å². The summed E-state index contributed by atoms with van der Waals surface area (Å²) < 4.78 is 4.91. The van der Waals surface area contributed by atoms with Crippen LogP contribution in [0, 0.1) is 5.92 Å². The summed E-state index contributed by atoms with van der Waals surface area (Å²) in [4.78, 5) is 25.0. The molecule has 0 bridgehead atoms. The maximum absolute atomic E-state index is 11.6. The molecule has 90 valence electrons. The van der Waals surface area contributed by atoms with Gasteiger partial charge < -0.3 is 9.73 Å². The molecule has 0 spiro atoms. The van der Waals surface area contributed by atoms with Crippen LogP contribution in [0.5, 0.6) is 0 Å². The van der Waals surface area contributed by atoms with Crippen molar-refractivity contribution in [1.29, 1.82) is 0 Å². The van der Waals surface area contributed by atoms with Crippen LogP contribution in [0.2, 0.25) is 0 Å². The van der Waals surface area contributed by atoms with E-state index in [-0.39, 0.29) is 5.91 Å². The minimum absolute atomic E-state index is 0.0442. The molecule has 0 fully saturated rings. The van der Waals surface area contributed by atoms with E-state index >= 15 is 0 Å². The lowest BCUT2D eigenvalue weighted by Crippen LogP contribution is -2.13. The van der Waals surface area contributed by atoms with Gasteiger partial charge in [0.1, 0.15) is 0 Å². The highest BCUT2D eigenvalue weighted by molar-refractivity contribution is 5.92. The van der Waals surface area contributed by atoms with Crippen molar-refractivity contribution in [2.24, 2.45) is 5.92 Å². The second kappa shape index (κ2) is 4.45. The number of carbonyl (C=O) groups excluding carboxylic acids is 1. The third kappa shape index (κ3) is 2.75. The average Bonchev–Trinajstić information content (AvgIpc) is 2.55. The predicted molar refractivity (Wildman–Crippen MR) is 64.9 cm³/mol. The van der Waals surface area contributed by atoms with Crippen molar-refractivity contribution < 1.29 is 9.21 Å². The Kier molecular flexibility index (Phi) is 2.99. The molecule has 2 rings (SSSR count). The van der Waals surface area contributed by atoms with Gasteiger partial charge in [-0.1, -0.05) is 13.8 Å². The quantitative estimate of drug-likeness (QED) is 0.854. The monoisotopic (exact) mass is 234 g/mol. The van der Waals surface area contributed by atoms with Gasteiger partial charge in [0.05, 0.1) is 5.52 Å². The smallest absolute Gasteiger partial charge is 0.408 e. The molecular weight excluding hydrogens is 220 g/mol. The van der Waals surface area contributed by atoms with Crippen LogP contribution in [0.25, 0.3) is 11.1 Å². The normalized spacial score (nSPS) is 11.0. The largest absolute Gasteiger partial charge is 0.417 e. The van der Waals surface area contributed by atoms with Crippen LogP contribution < -0.4 is 11.1 Å². The summed E-state index contributed by atoms with van der Waals surface area (Å²) >= 11 is 0. The lowest BCUT2D eigenvalue weighted by molar-refractivity contribution is -0.116. The number of nitrogens with one attached hydrogen (secondary N) is 2. The molecule has 0 saturated carbocycles. The first kappa shape index (κ1) is 11.4. The van der Waals surface area contributed by atoms with E-state index in [4.69, 9.17) is 4.42 Å². The number of carbonyl (C=O) groups is 1. The van der Waals surface area contributed by atoms with E-state index in [1.54, 1.807) is 18.2 Å². The fraction of sp³-hybridized carbons (Fsp3) is 0.333. The maximum atomic E-state index is 11.6. The SMILES string of the molecule is CC(C)CC(=O)Nc1ccc2[nH]c(=O)oc2c1. The van der Waals surface area contributed by atoms with Crippen molar-refractivity contribution in [3.8, 4) is 0 Å². The topological polar surface area (TPSA) is 75.1 Å². The molecule has 5 nitrogen and oxygen atoms in total. The molecule has 0 saturated heterocycles. The zero-order valence-corrected chi connectivity index (χ0v) is 9.74. The summed E-state index contributed by atoms with van der Waals surface area (Å²) in [6.07, 6.45) is 0.467. The molecular formula is C12H14N2O3. The Morgan fingerprint density at radius 1 is 1.47 bits per heavy atom. The van der Waals surface area contributed by atoms with Gasteiger partial charge in [0.2, 0.25) is 5.91 Å². The molecule has 1 amide bonds. The molecule has 0 unspecified atom stereocenters. The van der Waals surface area contributed by atoms with Gasteiger partial charge in [-0.05, 0) is 18.1 Å². The van der Waals surface area contributed by atoms with Crippen molar-refractivity contribution in [3.05, 3.63) is 28.7 Å². The van der Waals surface area contributed by atoms with Crippen LogP contribution in [-0.2, 0) is 4.79 Å². The predicted octanol–water partition coefficient (Wildman–Crippen LogP) is 2.11. The van der Waals surface area contributed by atoms with E-state index in [1.165, 1.54) is 0 Å². The van der Waals surface area contributed by atoms with E-state index < -0.39 is 5.76 Å². The highest BCUT2D eigenvalue weighted by Gasteiger charge is 2.07. The number of benzene rings is 1. The Balaban J connectivity index is 2.19. The van der Waals surface area contributed by atoms with Gasteiger partial charge in [-0.3, -0.25) is 9.78 Å². The van der Waals surface area contributed by atoms with Crippen LogP contribution in [0.1, 0.15) is 20.3 Å². The van der Waals surface area contributed by atoms with E-state index in [2.05, 4.69) is 10.3 Å². The van der Waals surface area contributed by atoms with Crippen molar-refractivity contribution in [2.45, 2.75) is 20.3 Å². The van der Waals surface area contributed by atoms with Crippen molar-refractivity contribution >= 4 is 22.7 Å². The van der Waals surface area contributed by atoms with Gasteiger partial charge in [-0.15, -0.1) is 0 Å². The van der Waals surface area contributed by atoms with Gasteiger partial charge in [0.25, 0.3) is 0 Å². The molecule has 1 aromatic heterocycles. The number of aromatic nitrogens is 1. The second-order valence-corrected chi connectivity index (χ2v) is 4.37. The Labute approximate surface area is 97.8 Å². The first-order valence-electron chi connectivity index (χ1n) is 5.47. The molecule has 0 radical (unpaired) electrons. The van der Waals surface area contributed by atoms with Gasteiger partial charge in [-0.2, -0.15) is 0 Å². The van der Waals surface area contributed by atoms with Crippen molar-refractivity contribution in [3.63, 3.8) is 0 Å². The molecule has 1 heterocycles. The van der Waals surface area contributed by atoms with E-state index in [0.29, 0.717) is 29.1 Å². The number of rotatable bonds is 3. The Bertz CT molecular complexity index is 595. The van der Waals surface area contributed by atoms with Gasteiger partial charge >= 0.3 is 5.76 Å². The molecule has 5 heteroatoms. The third-order valence-corrected chi connectivity index (χ3v) is 2.30. The Morgan fingerprint density at radius 3 is 2.94 bits per heavy atom. The number of hydrogen-bond acceptors (Lipinski definition) is 3. The second-order valence-electron chi connectivity index (χ2n) is 4.37. The highest BCUT2D eigenvalue weighted by atomic mass is 16.4. The van der Waals surface area contributed by atoms with Crippen molar-refractivity contribution in [2.75, 3.05) is 5.32 Å². The minimum atomic E-state index is -0.495. The number of oxazole rings is 1. The number of aromatic amines is 1. The lowest BCUT2D eigenvalue weighted by atomic mass is 10.1. The summed E-state index contributed by atoms with van der Waals surface area (Å²) in [6.45, 7) is 3.96.